The minimum absolute atomic E-state index is 0. The van der Waals surface area contributed by atoms with Gasteiger partial charge < -0.3 is 19.1 Å². The Morgan fingerprint density at radius 1 is 0.565 bits per heavy atom. The first kappa shape index (κ1) is 40.9. The summed E-state index contributed by atoms with van der Waals surface area (Å²) < 4.78 is 8.82. The van der Waals surface area contributed by atoms with E-state index in [1.54, 1.807) is 0 Å². The van der Waals surface area contributed by atoms with Crippen LogP contribution in [0.4, 0.5) is 22.7 Å². The first-order valence-corrected chi connectivity index (χ1v) is 20.8. The summed E-state index contributed by atoms with van der Waals surface area (Å²) in [6, 6.07) is 58.2. The molecular weight excluding hydrogens is 942 g/mol. The second kappa shape index (κ2) is 16.1. The monoisotopic (exact) mass is 987 g/mol. The van der Waals surface area contributed by atoms with Gasteiger partial charge in [0.1, 0.15) is 5.82 Å². The fourth-order valence-corrected chi connectivity index (χ4v) is 8.31. The average molecular weight is 988 g/mol. The van der Waals surface area contributed by atoms with Crippen molar-refractivity contribution < 1.29 is 25.8 Å². The largest absolute Gasteiger partial charge is 0.509 e. The topological polar surface area (TPSA) is 46.4 Å². The summed E-state index contributed by atoms with van der Waals surface area (Å²) >= 11 is 0. The van der Waals surface area contributed by atoms with Crippen molar-refractivity contribution in [2.75, 3.05) is 9.80 Å². The van der Waals surface area contributed by atoms with Gasteiger partial charge in [-0.25, -0.2) is 4.98 Å². The van der Waals surface area contributed by atoms with Crippen molar-refractivity contribution >= 4 is 44.6 Å². The van der Waals surface area contributed by atoms with Crippen LogP contribution in [0.2, 0.25) is 0 Å². The van der Waals surface area contributed by atoms with E-state index in [9.17, 15) is 0 Å². The van der Waals surface area contributed by atoms with Gasteiger partial charge in [-0.15, -0.1) is 48.1 Å². The number of aromatic nitrogens is 3. The van der Waals surface area contributed by atoms with E-state index in [0.29, 0.717) is 11.5 Å². The molecule has 10 rings (SSSR count). The summed E-state index contributed by atoms with van der Waals surface area (Å²) in [4.78, 5) is 13.9. The van der Waals surface area contributed by atoms with Gasteiger partial charge in [-0.2, -0.15) is 12.1 Å². The molecule has 310 valence electrons. The summed E-state index contributed by atoms with van der Waals surface area (Å²) in [7, 11) is 0. The number of para-hydroxylation sites is 1. The molecule has 0 saturated carbocycles. The Kier molecular flexibility index (Phi) is 10.6. The van der Waals surface area contributed by atoms with E-state index < -0.39 is 0 Å². The standard InChI is InChI=1S/C55H46N5O.Pt/c1-54(2,3)39-26-29-57-52(32-39)60-48-23-14-13-22-44(48)45-25-24-43(34-50(45)60)61-42-21-15-20-41(33-42)58-36-59(49-27-28-56-35-51(49)58)53-46(37-16-9-7-10-17-37)30-40(55(4,5)6)31-47(53)38-18-11-8-12-19-38;/h7-32,35-36H,1-6H3;/q-3;. The normalized spacial score (nSPS) is 12.7. The maximum Gasteiger partial charge on any atom is 0.135 e. The zero-order chi connectivity index (χ0) is 41.9. The van der Waals surface area contributed by atoms with Crippen LogP contribution in [-0.4, -0.2) is 14.5 Å². The molecule has 0 N–H and O–H groups in total. The molecule has 0 fully saturated rings. The van der Waals surface area contributed by atoms with Gasteiger partial charge in [0.15, 0.2) is 0 Å². The summed E-state index contributed by atoms with van der Waals surface area (Å²) in [6.45, 7) is 15.7. The zero-order valence-corrected chi connectivity index (χ0v) is 37.9. The van der Waals surface area contributed by atoms with Crippen LogP contribution in [0, 0.1) is 18.8 Å². The molecule has 7 heteroatoms. The number of rotatable bonds is 7. The second-order valence-corrected chi connectivity index (χ2v) is 17.7. The van der Waals surface area contributed by atoms with Gasteiger partial charge in [0.2, 0.25) is 0 Å². The van der Waals surface area contributed by atoms with Gasteiger partial charge in [-0.1, -0.05) is 126 Å². The molecule has 0 aliphatic carbocycles. The predicted octanol–water partition coefficient (Wildman–Crippen LogP) is 14.3. The summed E-state index contributed by atoms with van der Waals surface area (Å²) in [5, 5.41) is 2.22. The van der Waals surface area contributed by atoms with Crippen molar-refractivity contribution in [3.63, 3.8) is 0 Å². The minimum atomic E-state index is -0.0731. The van der Waals surface area contributed by atoms with E-state index in [0.717, 1.165) is 72.6 Å². The van der Waals surface area contributed by atoms with Crippen molar-refractivity contribution in [2.24, 2.45) is 0 Å². The molecule has 0 radical (unpaired) electrons. The number of benzene rings is 6. The molecule has 0 saturated heterocycles. The Bertz CT molecular complexity index is 3010. The Morgan fingerprint density at radius 3 is 1.92 bits per heavy atom. The SMILES string of the molecule is CC(C)(C)c1ccnc(-n2c3[c-]c(Oc4[c-]c(N5[CH-]N(c6c(-c7ccccc7)cc(C(C)(C)C)cc6-c6ccccc6)c6ccncc65)ccc4)ccc3c3ccccc32)c1.[Pt]. The van der Waals surface area contributed by atoms with Crippen LogP contribution in [0.5, 0.6) is 11.5 Å². The molecule has 62 heavy (non-hydrogen) atoms. The van der Waals surface area contributed by atoms with Crippen molar-refractivity contribution in [3.8, 4) is 39.6 Å². The third-order valence-electron chi connectivity index (χ3n) is 11.5. The number of fused-ring (bicyclic) bond motifs is 4. The van der Waals surface area contributed by atoms with E-state index >= 15 is 0 Å². The third-order valence-corrected chi connectivity index (χ3v) is 11.5. The third kappa shape index (κ3) is 7.47. The van der Waals surface area contributed by atoms with Crippen molar-refractivity contribution in [1.29, 1.82) is 0 Å². The molecule has 6 aromatic carbocycles. The number of ether oxygens (including phenoxy) is 1. The number of hydrogen-bond acceptors (Lipinski definition) is 5. The van der Waals surface area contributed by atoms with Gasteiger partial charge in [-0.05, 0) is 74.9 Å². The number of pyridine rings is 2. The first-order valence-electron chi connectivity index (χ1n) is 20.8. The molecule has 1 aliphatic rings. The van der Waals surface area contributed by atoms with Gasteiger partial charge in [0.05, 0.1) is 5.69 Å². The van der Waals surface area contributed by atoms with E-state index in [2.05, 4.69) is 207 Å². The van der Waals surface area contributed by atoms with Crippen molar-refractivity contribution in [3.05, 3.63) is 194 Å². The number of nitrogens with zero attached hydrogens (tertiary/aromatic N) is 5. The molecule has 1 aliphatic heterocycles. The van der Waals surface area contributed by atoms with Crippen molar-refractivity contribution in [2.45, 2.75) is 52.4 Å². The van der Waals surface area contributed by atoms with E-state index in [-0.39, 0.29) is 31.9 Å². The Hall–Kier alpha value is -6.49. The molecule has 0 unspecified atom stereocenters. The van der Waals surface area contributed by atoms with Crippen LogP contribution < -0.4 is 14.5 Å². The van der Waals surface area contributed by atoms with Gasteiger partial charge in [0.25, 0.3) is 0 Å². The first-order chi connectivity index (χ1) is 29.5. The van der Waals surface area contributed by atoms with Crippen molar-refractivity contribution in [1.82, 2.24) is 14.5 Å². The van der Waals surface area contributed by atoms with Gasteiger partial charge in [-0.3, -0.25) is 4.98 Å². The Morgan fingerprint density at radius 2 is 1.23 bits per heavy atom. The number of anilines is 4. The van der Waals surface area contributed by atoms with E-state index in [1.807, 2.05) is 36.8 Å². The quantitative estimate of drug-likeness (QED) is 0.149. The van der Waals surface area contributed by atoms with E-state index in [1.165, 1.54) is 11.1 Å². The Balaban J connectivity index is 0.00000490. The molecule has 4 heterocycles. The molecule has 0 amide bonds. The predicted molar refractivity (Wildman–Crippen MR) is 250 cm³/mol. The summed E-state index contributed by atoms with van der Waals surface area (Å²) in [5.74, 6) is 2.01. The maximum atomic E-state index is 6.64. The average Bonchev–Trinajstić information content (AvgIpc) is 3.82. The summed E-state index contributed by atoms with van der Waals surface area (Å²) in [6.07, 6.45) is 5.68. The second-order valence-electron chi connectivity index (χ2n) is 17.7. The van der Waals surface area contributed by atoms with Crippen LogP contribution in [0.15, 0.2) is 164 Å². The molecule has 0 bridgehead atoms. The van der Waals surface area contributed by atoms with Crippen LogP contribution in [0.25, 0.3) is 49.9 Å². The fraction of sp³-hybridized carbons (Fsp3) is 0.145. The molecular formula is C55H46N5OPt-3. The van der Waals surface area contributed by atoms with Gasteiger partial charge in [0, 0.05) is 79.2 Å². The van der Waals surface area contributed by atoms with Crippen LogP contribution in [0.3, 0.4) is 0 Å². The maximum absolute atomic E-state index is 6.64. The zero-order valence-electron chi connectivity index (χ0n) is 35.6. The van der Waals surface area contributed by atoms with Crippen LogP contribution in [0.1, 0.15) is 52.7 Å². The fourth-order valence-electron chi connectivity index (χ4n) is 8.31. The Labute approximate surface area is 378 Å². The molecule has 0 atom stereocenters. The van der Waals surface area contributed by atoms with Gasteiger partial charge >= 0.3 is 0 Å². The number of hydrogen-bond donors (Lipinski definition) is 0. The molecule has 9 aromatic rings. The van der Waals surface area contributed by atoms with Crippen LogP contribution >= 0.6 is 0 Å². The van der Waals surface area contributed by atoms with Crippen LogP contribution in [-0.2, 0) is 31.9 Å². The minimum Gasteiger partial charge on any atom is -0.509 e. The van der Waals surface area contributed by atoms with E-state index in [4.69, 9.17) is 9.72 Å². The smallest absolute Gasteiger partial charge is 0.135 e. The molecule has 3 aromatic heterocycles. The molecule has 0 spiro atoms. The molecule has 6 nitrogen and oxygen atoms in total. The summed E-state index contributed by atoms with van der Waals surface area (Å²) in [5.41, 5.74) is 12.8.